The van der Waals surface area contributed by atoms with E-state index in [0.717, 1.165) is 37.1 Å². The fraction of sp³-hybridized carbons (Fsp3) is 0.652. The third-order valence-electron chi connectivity index (χ3n) is 4.54. The highest BCUT2D eigenvalue weighted by atomic mass is 16.5. The van der Waals surface area contributed by atoms with Gasteiger partial charge in [-0.1, -0.05) is 6.92 Å². The van der Waals surface area contributed by atoms with Crippen LogP contribution < -0.4 is 20.7 Å². The van der Waals surface area contributed by atoms with Crippen LogP contribution in [0.5, 0.6) is 5.75 Å². The first kappa shape index (κ1) is 24.0. The van der Waals surface area contributed by atoms with Gasteiger partial charge in [-0.25, -0.2) is 4.99 Å². The summed E-state index contributed by atoms with van der Waals surface area (Å²) in [5.41, 5.74) is 0.620. The normalized spacial score (nSPS) is 14.7. The van der Waals surface area contributed by atoms with Crippen LogP contribution in [0.3, 0.4) is 0 Å². The number of ether oxygens (including phenoxy) is 1. The molecule has 1 amide bonds. The molecule has 1 aromatic carbocycles. The molecule has 1 aliphatic carbocycles. The average molecular weight is 418 g/mol. The molecule has 0 saturated heterocycles. The van der Waals surface area contributed by atoms with E-state index < -0.39 is 0 Å². The summed E-state index contributed by atoms with van der Waals surface area (Å²) in [6, 6.07) is 8.49. The molecular formula is C23H39N5O2. The lowest BCUT2D eigenvalue weighted by Crippen LogP contribution is -2.43. The van der Waals surface area contributed by atoms with Crippen LogP contribution >= 0.6 is 0 Å². The van der Waals surface area contributed by atoms with Crippen molar-refractivity contribution >= 4 is 17.6 Å². The lowest BCUT2D eigenvalue weighted by molar-refractivity contribution is -0.121. The van der Waals surface area contributed by atoms with Crippen molar-refractivity contribution in [1.29, 1.82) is 0 Å². The Kier molecular flexibility index (Phi) is 8.96. The van der Waals surface area contributed by atoms with E-state index >= 15 is 0 Å². The molecule has 0 aromatic heterocycles. The van der Waals surface area contributed by atoms with E-state index in [-0.39, 0.29) is 24.1 Å². The van der Waals surface area contributed by atoms with Crippen LogP contribution in [0.1, 0.15) is 54.4 Å². The van der Waals surface area contributed by atoms with E-state index in [0.29, 0.717) is 5.96 Å². The first-order valence-corrected chi connectivity index (χ1v) is 11.0. The second kappa shape index (κ2) is 11.2. The summed E-state index contributed by atoms with van der Waals surface area (Å²) in [5.74, 6) is 1.33. The van der Waals surface area contributed by atoms with Crippen LogP contribution in [0.4, 0.5) is 5.69 Å². The third-order valence-corrected chi connectivity index (χ3v) is 4.54. The van der Waals surface area contributed by atoms with Crippen LogP contribution in [-0.2, 0) is 4.79 Å². The minimum Gasteiger partial charge on any atom is -0.491 e. The monoisotopic (exact) mass is 417 g/mol. The Hall–Kier alpha value is -2.28. The summed E-state index contributed by atoms with van der Waals surface area (Å²) in [5, 5.41) is 9.61. The quantitative estimate of drug-likeness (QED) is 0.402. The van der Waals surface area contributed by atoms with Gasteiger partial charge in [0.05, 0.1) is 6.10 Å². The Morgan fingerprint density at radius 2 is 1.90 bits per heavy atom. The molecule has 0 atom stereocenters. The van der Waals surface area contributed by atoms with Gasteiger partial charge in [-0.3, -0.25) is 9.69 Å². The summed E-state index contributed by atoms with van der Waals surface area (Å²) in [7, 11) is 0. The first-order valence-electron chi connectivity index (χ1n) is 11.0. The number of hydrogen-bond donors (Lipinski definition) is 3. The van der Waals surface area contributed by atoms with Gasteiger partial charge in [0.2, 0.25) is 5.91 Å². The maximum Gasteiger partial charge on any atom is 0.242 e. The number of benzene rings is 1. The number of rotatable bonds is 10. The molecule has 0 unspecified atom stereocenters. The number of nitrogens with zero attached hydrogens (tertiary/aromatic N) is 2. The fourth-order valence-corrected chi connectivity index (χ4v) is 3.13. The van der Waals surface area contributed by atoms with E-state index in [2.05, 4.69) is 32.8 Å². The standard InChI is InChI=1S/C23H39N5O2/c1-7-28(19-10-11-19)15-14-24-22(25-16-21(29)27-23(4,5)6)26-18-8-12-20(13-9-18)30-17(2)3/h8-9,12-13,17,19H,7,10-11,14-16H2,1-6H3,(H,27,29)(H2,24,25,26). The number of likely N-dealkylation sites (N-methyl/N-ethyl adjacent to an activating group) is 1. The molecule has 1 fully saturated rings. The zero-order chi connectivity index (χ0) is 22.1. The SMILES string of the molecule is CCN(CCNC(=NCC(=O)NC(C)(C)C)Nc1ccc(OC(C)C)cc1)C1CC1. The van der Waals surface area contributed by atoms with Gasteiger partial charge < -0.3 is 20.7 Å². The molecule has 1 saturated carbocycles. The van der Waals surface area contributed by atoms with Gasteiger partial charge in [-0.2, -0.15) is 0 Å². The summed E-state index contributed by atoms with van der Waals surface area (Å²) in [6.07, 6.45) is 2.73. The van der Waals surface area contributed by atoms with Crippen LogP contribution in [0.2, 0.25) is 0 Å². The number of guanidine groups is 1. The van der Waals surface area contributed by atoms with Gasteiger partial charge in [0, 0.05) is 30.4 Å². The maximum atomic E-state index is 12.2. The highest BCUT2D eigenvalue weighted by Gasteiger charge is 2.27. The molecule has 7 nitrogen and oxygen atoms in total. The third kappa shape index (κ3) is 9.48. The minimum absolute atomic E-state index is 0.0707. The largest absolute Gasteiger partial charge is 0.491 e. The van der Waals surface area contributed by atoms with Crippen molar-refractivity contribution < 1.29 is 9.53 Å². The number of anilines is 1. The van der Waals surface area contributed by atoms with Crippen molar-refractivity contribution in [1.82, 2.24) is 15.5 Å². The predicted octanol–water partition coefficient (Wildman–Crippen LogP) is 3.23. The fourth-order valence-electron chi connectivity index (χ4n) is 3.13. The van der Waals surface area contributed by atoms with Crippen LogP contribution in [0.15, 0.2) is 29.3 Å². The Bertz CT molecular complexity index is 691. The van der Waals surface area contributed by atoms with E-state index in [4.69, 9.17) is 4.74 Å². The molecule has 30 heavy (non-hydrogen) atoms. The van der Waals surface area contributed by atoms with Gasteiger partial charge in [0.1, 0.15) is 12.3 Å². The number of amides is 1. The van der Waals surface area contributed by atoms with E-state index in [1.54, 1.807) is 0 Å². The Balaban J connectivity index is 1.97. The molecule has 3 N–H and O–H groups in total. The average Bonchev–Trinajstić information content (AvgIpc) is 3.48. The second-order valence-electron chi connectivity index (χ2n) is 9.07. The second-order valence-corrected chi connectivity index (χ2v) is 9.07. The van der Waals surface area contributed by atoms with Crippen LogP contribution in [0.25, 0.3) is 0 Å². The summed E-state index contributed by atoms with van der Waals surface area (Å²) in [6.45, 7) is 14.9. The number of aliphatic imine (C=N–C) groups is 1. The molecule has 1 aromatic rings. The smallest absolute Gasteiger partial charge is 0.242 e. The zero-order valence-electron chi connectivity index (χ0n) is 19.4. The van der Waals surface area contributed by atoms with Crippen LogP contribution in [-0.4, -0.2) is 60.6 Å². The lowest BCUT2D eigenvalue weighted by Gasteiger charge is -2.21. The van der Waals surface area contributed by atoms with Gasteiger partial charge in [0.25, 0.3) is 0 Å². The van der Waals surface area contributed by atoms with E-state index in [1.807, 2.05) is 58.9 Å². The Morgan fingerprint density at radius 3 is 2.43 bits per heavy atom. The summed E-state index contributed by atoms with van der Waals surface area (Å²) < 4.78 is 5.70. The van der Waals surface area contributed by atoms with Crippen molar-refractivity contribution in [3.05, 3.63) is 24.3 Å². The highest BCUT2D eigenvalue weighted by Crippen LogP contribution is 2.25. The number of nitrogens with one attached hydrogen (secondary N) is 3. The van der Waals surface area contributed by atoms with Gasteiger partial charge >= 0.3 is 0 Å². The highest BCUT2D eigenvalue weighted by molar-refractivity contribution is 5.95. The summed E-state index contributed by atoms with van der Waals surface area (Å²) in [4.78, 5) is 19.2. The maximum absolute atomic E-state index is 12.2. The number of carbonyl (C=O) groups is 1. The van der Waals surface area contributed by atoms with E-state index in [1.165, 1.54) is 12.8 Å². The molecule has 168 valence electrons. The summed E-state index contributed by atoms with van der Waals surface area (Å²) >= 11 is 0. The topological polar surface area (TPSA) is 78.0 Å². The molecular weight excluding hydrogens is 378 g/mol. The van der Waals surface area contributed by atoms with Crippen LogP contribution in [0, 0.1) is 0 Å². The molecule has 0 radical (unpaired) electrons. The zero-order valence-corrected chi connectivity index (χ0v) is 19.4. The van der Waals surface area contributed by atoms with Gasteiger partial charge in [0.15, 0.2) is 5.96 Å². The van der Waals surface area contributed by atoms with E-state index in [9.17, 15) is 4.79 Å². The predicted molar refractivity (Wildman–Crippen MR) is 124 cm³/mol. The molecule has 0 aliphatic heterocycles. The molecule has 0 bridgehead atoms. The van der Waals surface area contributed by atoms with Gasteiger partial charge in [-0.15, -0.1) is 0 Å². The van der Waals surface area contributed by atoms with Crippen molar-refractivity contribution in [2.75, 3.05) is 31.5 Å². The Morgan fingerprint density at radius 1 is 1.23 bits per heavy atom. The molecule has 1 aliphatic rings. The minimum atomic E-state index is -0.272. The molecule has 0 spiro atoms. The van der Waals surface area contributed by atoms with Crippen molar-refractivity contribution in [2.24, 2.45) is 4.99 Å². The van der Waals surface area contributed by atoms with Crippen molar-refractivity contribution in [3.63, 3.8) is 0 Å². The molecule has 7 heteroatoms. The first-order chi connectivity index (χ1) is 14.2. The van der Waals surface area contributed by atoms with Gasteiger partial charge in [-0.05, 0) is 78.3 Å². The van der Waals surface area contributed by atoms with Crippen molar-refractivity contribution in [2.45, 2.75) is 72.1 Å². The lowest BCUT2D eigenvalue weighted by atomic mass is 10.1. The number of hydrogen-bond acceptors (Lipinski definition) is 4. The number of carbonyl (C=O) groups excluding carboxylic acids is 1. The van der Waals surface area contributed by atoms with Crippen molar-refractivity contribution in [3.8, 4) is 5.75 Å². The Labute approximate surface area is 181 Å². The molecule has 2 rings (SSSR count). The molecule has 0 heterocycles.